The van der Waals surface area contributed by atoms with Crippen molar-refractivity contribution in [1.29, 1.82) is 0 Å². The molecule has 0 saturated carbocycles. The van der Waals surface area contributed by atoms with Gasteiger partial charge in [0.25, 0.3) is 43.2 Å². The summed E-state index contributed by atoms with van der Waals surface area (Å²) in [6.07, 6.45) is -1.70. The number of nitrogens with zero attached hydrogens (tertiary/aromatic N) is 5. The largest absolute Gasteiger partial charge is 0.417 e. The first-order chi connectivity index (χ1) is 37.6. The number of carbonyl (C=O) groups is 2. The number of piperidine rings is 2. The maximum Gasteiger partial charge on any atom is 0.417 e. The Morgan fingerprint density at radius 3 is 1.52 bits per heavy atom. The minimum absolute atomic E-state index is 0.0723. The lowest BCUT2D eigenvalue weighted by Crippen LogP contribution is -2.42. The zero-order valence-corrected chi connectivity index (χ0v) is 45.5. The average Bonchev–Trinajstić information content (AvgIpc) is 4.15. The Morgan fingerprint density at radius 2 is 1.08 bits per heavy atom. The van der Waals surface area contributed by atoms with Crippen LogP contribution in [0.5, 0.6) is 0 Å². The molecule has 4 aromatic carbocycles. The summed E-state index contributed by atoms with van der Waals surface area (Å²) in [6, 6.07) is 35.9. The highest BCUT2D eigenvalue weighted by Gasteiger charge is 2.34. The number of benzene rings is 4. The van der Waals surface area contributed by atoms with Crippen LogP contribution in [0.25, 0.3) is 11.1 Å². The summed E-state index contributed by atoms with van der Waals surface area (Å²) in [5.41, 5.74) is 2.62. The van der Waals surface area contributed by atoms with E-state index in [9.17, 15) is 59.8 Å². The smallest absolute Gasteiger partial charge is 0.382 e. The number of nitro groups is 2. The van der Waals surface area contributed by atoms with Gasteiger partial charge in [-0.05, 0) is 104 Å². The Bertz CT molecular complexity index is 3540. The number of thiophene rings is 2. The molecule has 3 aromatic heterocycles. The van der Waals surface area contributed by atoms with Gasteiger partial charge < -0.3 is 21.3 Å². The number of hydrogen-bond donors (Lipinski definition) is 4. The van der Waals surface area contributed by atoms with Gasteiger partial charge in [-0.1, -0.05) is 54.1 Å². The highest BCUT2D eigenvalue weighted by Crippen LogP contribution is 2.34. The molecular weight excluding hydrogens is 1130 g/mol. The second kappa shape index (κ2) is 25.2. The van der Waals surface area contributed by atoms with Gasteiger partial charge in [0.05, 0.1) is 33.5 Å². The molecule has 414 valence electrons. The van der Waals surface area contributed by atoms with E-state index in [1.54, 1.807) is 18.2 Å². The lowest BCUT2D eigenvalue weighted by molar-refractivity contribution is -0.385. The van der Waals surface area contributed by atoms with E-state index < -0.39 is 53.4 Å². The molecule has 9 rings (SSSR count). The Balaban J connectivity index is 0.000000208. The SMILES string of the molecule is O=C(NCc1ccc(S(=O)(=O)N2CCC(Nc3cccc(-c4ccccc4)c3)CC2)s1)c1ccc([N+](=O)[O-])cc1.O=C(NCc1ccc(S(=O)(=O)N2CCC(Nc3ncc(C(F)(F)F)cc3Cl)CC2)s1)c1ccc([N+](=O)[O-])cc1. The molecule has 79 heavy (non-hydrogen) atoms. The molecule has 2 fully saturated rings. The third kappa shape index (κ3) is 14.9. The molecule has 7 aromatic rings. The number of halogens is 4. The maximum absolute atomic E-state index is 13.3. The minimum atomic E-state index is -4.56. The van der Waals surface area contributed by atoms with Gasteiger partial charge in [-0.25, -0.2) is 21.8 Å². The predicted molar refractivity (Wildman–Crippen MR) is 294 cm³/mol. The van der Waals surface area contributed by atoms with Crippen LogP contribution in [0.2, 0.25) is 5.02 Å². The van der Waals surface area contributed by atoms with Crippen LogP contribution in [0.15, 0.2) is 148 Å². The first kappa shape index (κ1) is 57.8. The number of pyridine rings is 1. The summed E-state index contributed by atoms with van der Waals surface area (Å²) in [7, 11) is -7.43. The van der Waals surface area contributed by atoms with E-state index in [4.69, 9.17) is 11.6 Å². The van der Waals surface area contributed by atoms with Gasteiger partial charge in [-0.15, -0.1) is 22.7 Å². The summed E-state index contributed by atoms with van der Waals surface area (Å²) in [5, 5.41) is 33.3. The summed E-state index contributed by atoms with van der Waals surface area (Å²) in [5.74, 6) is -0.749. The van der Waals surface area contributed by atoms with Crippen LogP contribution in [-0.4, -0.2) is 90.4 Å². The molecule has 4 N–H and O–H groups in total. The van der Waals surface area contributed by atoms with Gasteiger partial charge in [-0.2, -0.15) is 21.8 Å². The third-order valence-corrected chi connectivity index (χ3v) is 19.9. The number of anilines is 2. The van der Waals surface area contributed by atoms with E-state index in [0.29, 0.717) is 60.3 Å². The number of nitro benzene ring substituents is 2. The molecule has 0 aliphatic carbocycles. The van der Waals surface area contributed by atoms with E-state index in [0.717, 1.165) is 45.6 Å². The first-order valence-corrected chi connectivity index (χ1v) is 29.2. The van der Waals surface area contributed by atoms with Crippen LogP contribution in [-0.2, 0) is 39.3 Å². The number of alkyl halides is 3. The van der Waals surface area contributed by atoms with Crippen molar-refractivity contribution in [3.8, 4) is 11.1 Å². The molecule has 0 atom stereocenters. The van der Waals surface area contributed by atoms with E-state index in [-0.39, 0.29) is 74.5 Å². The van der Waals surface area contributed by atoms with Crippen molar-refractivity contribution in [2.24, 2.45) is 0 Å². The molecule has 0 spiro atoms. The quantitative estimate of drug-likeness (QED) is 0.0489. The Kier molecular flexibility index (Phi) is 18.4. The molecule has 2 saturated heterocycles. The van der Waals surface area contributed by atoms with E-state index in [2.05, 4.69) is 50.5 Å². The highest BCUT2D eigenvalue weighted by atomic mass is 35.5. The summed E-state index contributed by atoms with van der Waals surface area (Å²) < 4.78 is 94.5. The first-order valence-electron chi connectivity index (χ1n) is 24.3. The predicted octanol–water partition coefficient (Wildman–Crippen LogP) is 10.4. The van der Waals surface area contributed by atoms with Crippen LogP contribution in [0.1, 0.15) is 61.7 Å². The highest BCUT2D eigenvalue weighted by molar-refractivity contribution is 7.91. The molecule has 0 radical (unpaired) electrons. The van der Waals surface area contributed by atoms with E-state index in [1.807, 2.05) is 30.3 Å². The van der Waals surface area contributed by atoms with Gasteiger partial charge >= 0.3 is 6.18 Å². The fourth-order valence-corrected chi connectivity index (χ4v) is 14.5. The molecule has 2 amide bonds. The fourth-order valence-electron chi connectivity index (χ4n) is 8.47. The number of nitrogens with one attached hydrogen (secondary N) is 4. The van der Waals surface area contributed by atoms with Gasteiger partial charge in [0.1, 0.15) is 14.2 Å². The zero-order valence-electron chi connectivity index (χ0n) is 41.5. The lowest BCUT2D eigenvalue weighted by atomic mass is 10.0. The Labute approximate surface area is 464 Å². The molecule has 2 aliphatic rings. The molecule has 2 aliphatic heterocycles. The lowest BCUT2D eigenvalue weighted by Gasteiger charge is -2.31. The van der Waals surface area contributed by atoms with Crippen LogP contribution in [0.3, 0.4) is 0 Å². The van der Waals surface area contributed by atoms with Gasteiger partial charge in [-0.3, -0.25) is 29.8 Å². The Hall–Kier alpha value is -7.33. The summed E-state index contributed by atoms with van der Waals surface area (Å²) >= 11 is 8.10. The molecule has 0 unspecified atom stereocenters. The Morgan fingerprint density at radius 1 is 0.620 bits per heavy atom. The number of rotatable bonds is 17. The number of carbonyl (C=O) groups excluding carboxylic acids is 2. The van der Waals surface area contributed by atoms with Crippen molar-refractivity contribution in [2.45, 2.75) is 65.5 Å². The normalized spacial score (nSPS) is 14.8. The second-order valence-electron chi connectivity index (χ2n) is 18.1. The number of aromatic nitrogens is 1. The van der Waals surface area contributed by atoms with Crippen molar-refractivity contribution in [3.05, 3.63) is 191 Å². The molecule has 27 heteroatoms. The monoisotopic (exact) mass is 1180 g/mol. The minimum Gasteiger partial charge on any atom is -0.382 e. The third-order valence-electron chi connectivity index (χ3n) is 12.7. The van der Waals surface area contributed by atoms with E-state index in [1.165, 1.54) is 63.2 Å². The second-order valence-corrected chi connectivity index (χ2v) is 25.1. The molecule has 5 heterocycles. The topological polar surface area (TPSA) is 256 Å². The zero-order chi connectivity index (χ0) is 56.5. The summed E-state index contributed by atoms with van der Waals surface area (Å²) in [4.78, 5) is 50.2. The number of hydrogen-bond acceptors (Lipinski definition) is 15. The van der Waals surface area contributed by atoms with Crippen LogP contribution in [0.4, 0.5) is 36.1 Å². The fraction of sp³-hybridized carbons (Fsp3) is 0.250. The van der Waals surface area contributed by atoms with Crippen molar-refractivity contribution < 1.29 is 49.4 Å². The standard InChI is InChI=1S/C29H28N4O5S2.C23H21ClF3N5O5S2/c34-29(22-9-11-26(12-10-22)33(35)36)30-20-27-13-14-28(39-27)40(37,38)32-17-15-24(16-18-32)31-25-8-4-7-23(19-25)21-5-2-1-3-6-21;24-19-11-15(23(25,26)27)12-28-21(19)30-16-7-9-31(10-8-16)39(36,37)20-6-5-18(38-20)13-29-22(33)14-1-3-17(4-2-14)32(34)35/h1-14,19,24,31H,15-18,20H2,(H,30,34);1-6,11-12,16H,7-10,13H2,(H,28,30)(H,29,33). The van der Waals surface area contributed by atoms with Gasteiger partial charge in [0, 0.05) is 95.3 Å². The van der Waals surface area contributed by atoms with Crippen molar-refractivity contribution in [3.63, 3.8) is 0 Å². The van der Waals surface area contributed by atoms with Crippen LogP contribution >= 0.6 is 34.3 Å². The molecule has 19 nitrogen and oxygen atoms in total. The number of amides is 2. The molecular formula is C52H49ClF3N9O10S4. The van der Waals surface area contributed by atoms with Gasteiger partial charge in [0.15, 0.2) is 0 Å². The van der Waals surface area contributed by atoms with Crippen LogP contribution in [0, 0.1) is 20.2 Å². The number of non-ortho nitro benzene ring substituents is 2. The van der Waals surface area contributed by atoms with Crippen molar-refractivity contribution in [1.82, 2.24) is 24.2 Å². The molecule has 0 bridgehead atoms. The van der Waals surface area contributed by atoms with Gasteiger partial charge in [0.2, 0.25) is 0 Å². The van der Waals surface area contributed by atoms with Crippen molar-refractivity contribution in [2.75, 3.05) is 36.8 Å². The maximum atomic E-state index is 13.3. The summed E-state index contributed by atoms with van der Waals surface area (Å²) in [6.45, 7) is 1.43. The van der Waals surface area contributed by atoms with Crippen molar-refractivity contribution >= 4 is 89.0 Å². The van der Waals surface area contributed by atoms with E-state index >= 15 is 0 Å². The number of sulfonamides is 2. The average molecular weight is 1180 g/mol. The van der Waals surface area contributed by atoms with Crippen LogP contribution < -0.4 is 21.3 Å².